The first-order valence-electron chi connectivity index (χ1n) is 14.7. The number of fused-ring (bicyclic) bond motifs is 1. The zero-order valence-corrected chi connectivity index (χ0v) is 25.0. The molecule has 5 rings (SSSR count). The lowest BCUT2D eigenvalue weighted by atomic mass is 9.91. The largest absolute Gasteiger partial charge is 0.377 e. The quantitative estimate of drug-likeness (QED) is 0.376. The number of nitriles is 1. The number of anilines is 3. The highest BCUT2D eigenvalue weighted by Crippen LogP contribution is 2.33. The molecular formula is C32H40N8O2. The van der Waals surface area contributed by atoms with Gasteiger partial charge in [-0.25, -0.2) is 19.7 Å². The number of carbonyl (C=O) groups excluding carboxylic acids is 1. The number of aromatic nitrogens is 3. The Morgan fingerprint density at radius 2 is 1.95 bits per heavy atom. The van der Waals surface area contributed by atoms with Crippen molar-refractivity contribution in [1.82, 2.24) is 20.3 Å². The first kappa shape index (κ1) is 29.3. The SMILES string of the molecule is CC1COCCN1c1nc(-c2ccc(NC(=O)NCCCC(C)(C)C)cc2)nc2c1CCN(c1ncccc1C#N)C2. The number of benzene rings is 1. The summed E-state index contributed by atoms with van der Waals surface area (Å²) >= 11 is 0. The number of pyridine rings is 1. The number of hydrogen-bond donors (Lipinski definition) is 2. The Kier molecular flexibility index (Phi) is 8.88. The van der Waals surface area contributed by atoms with Gasteiger partial charge in [-0.05, 0) is 68.0 Å². The number of carbonyl (C=O) groups is 1. The number of nitrogens with zero attached hydrogens (tertiary/aromatic N) is 6. The summed E-state index contributed by atoms with van der Waals surface area (Å²) < 4.78 is 5.71. The van der Waals surface area contributed by atoms with Gasteiger partial charge in [-0.1, -0.05) is 20.8 Å². The maximum absolute atomic E-state index is 12.4. The maximum atomic E-state index is 12.4. The van der Waals surface area contributed by atoms with Crippen LogP contribution in [-0.4, -0.2) is 59.9 Å². The predicted molar refractivity (Wildman–Crippen MR) is 165 cm³/mol. The summed E-state index contributed by atoms with van der Waals surface area (Å²) in [5, 5.41) is 15.5. The van der Waals surface area contributed by atoms with Gasteiger partial charge in [-0.15, -0.1) is 0 Å². The Hall–Kier alpha value is -4.23. The Morgan fingerprint density at radius 1 is 1.14 bits per heavy atom. The van der Waals surface area contributed by atoms with E-state index in [9.17, 15) is 10.1 Å². The summed E-state index contributed by atoms with van der Waals surface area (Å²) in [6, 6.07) is 13.5. The first-order valence-corrected chi connectivity index (χ1v) is 14.7. The Bertz CT molecular complexity index is 1440. The van der Waals surface area contributed by atoms with Crippen LogP contribution in [-0.2, 0) is 17.7 Å². The predicted octanol–water partition coefficient (Wildman–Crippen LogP) is 5.15. The normalized spacial score (nSPS) is 16.9. The van der Waals surface area contributed by atoms with Crippen LogP contribution < -0.4 is 20.4 Å². The standard InChI is InChI=1S/C32H40N8O2/c1-22-21-42-18-17-40(22)30-26-12-16-39(29-24(19-33)7-5-14-34-29)20-27(26)37-28(38-30)23-8-10-25(11-9-23)36-31(41)35-15-6-13-32(2,3)4/h5,7-11,14,22H,6,12-13,15-18,20-21H2,1-4H3,(H2,35,36,41). The van der Waals surface area contributed by atoms with Crippen LogP contribution in [0.1, 0.15) is 57.4 Å². The van der Waals surface area contributed by atoms with E-state index in [0.717, 1.165) is 55.0 Å². The molecule has 1 atom stereocenters. The van der Waals surface area contributed by atoms with Gasteiger partial charge in [-0.2, -0.15) is 5.26 Å². The van der Waals surface area contributed by atoms with E-state index in [-0.39, 0.29) is 17.5 Å². The van der Waals surface area contributed by atoms with Crippen LogP contribution in [0.25, 0.3) is 11.4 Å². The minimum absolute atomic E-state index is 0.193. The van der Waals surface area contributed by atoms with E-state index in [2.05, 4.69) is 59.2 Å². The number of morpholine rings is 1. The lowest BCUT2D eigenvalue weighted by Crippen LogP contribution is -2.45. The molecule has 2 aromatic heterocycles. The molecule has 1 fully saturated rings. The molecule has 1 unspecified atom stereocenters. The smallest absolute Gasteiger partial charge is 0.319 e. The van der Waals surface area contributed by atoms with E-state index >= 15 is 0 Å². The van der Waals surface area contributed by atoms with E-state index in [4.69, 9.17) is 14.7 Å². The van der Waals surface area contributed by atoms with Gasteiger partial charge in [0.15, 0.2) is 5.82 Å². The minimum atomic E-state index is -0.211. The van der Waals surface area contributed by atoms with Gasteiger partial charge in [0.25, 0.3) is 0 Å². The summed E-state index contributed by atoms with van der Waals surface area (Å²) in [5.41, 5.74) is 4.45. The molecule has 42 heavy (non-hydrogen) atoms. The van der Waals surface area contributed by atoms with Crippen LogP contribution in [0.15, 0.2) is 42.6 Å². The molecule has 0 saturated carbocycles. The van der Waals surface area contributed by atoms with E-state index in [1.807, 2.05) is 24.3 Å². The molecule has 2 N–H and O–H groups in total. The summed E-state index contributed by atoms with van der Waals surface area (Å²) in [5.74, 6) is 2.26. The topological polar surface area (TPSA) is 119 Å². The average molecular weight is 569 g/mol. The van der Waals surface area contributed by atoms with Crippen LogP contribution in [0.4, 0.5) is 22.1 Å². The second-order valence-corrected chi connectivity index (χ2v) is 12.2. The van der Waals surface area contributed by atoms with Crippen LogP contribution in [0.5, 0.6) is 0 Å². The molecule has 2 aliphatic rings. The number of urea groups is 1. The summed E-state index contributed by atoms with van der Waals surface area (Å²) in [7, 11) is 0. The van der Waals surface area contributed by atoms with Crippen molar-refractivity contribution in [1.29, 1.82) is 5.26 Å². The average Bonchev–Trinajstić information content (AvgIpc) is 2.98. The van der Waals surface area contributed by atoms with Crippen LogP contribution in [0, 0.1) is 16.7 Å². The fourth-order valence-corrected chi connectivity index (χ4v) is 5.43. The highest BCUT2D eigenvalue weighted by Gasteiger charge is 2.30. The van der Waals surface area contributed by atoms with E-state index in [1.165, 1.54) is 0 Å². The van der Waals surface area contributed by atoms with Crippen molar-refractivity contribution in [3.8, 4) is 17.5 Å². The van der Waals surface area contributed by atoms with Gasteiger partial charge < -0.3 is 25.2 Å². The Balaban J connectivity index is 1.38. The molecule has 4 heterocycles. The molecule has 0 radical (unpaired) electrons. The fourth-order valence-electron chi connectivity index (χ4n) is 5.43. The van der Waals surface area contributed by atoms with Crippen LogP contribution in [0.2, 0.25) is 0 Å². The van der Waals surface area contributed by atoms with E-state index in [1.54, 1.807) is 18.3 Å². The van der Waals surface area contributed by atoms with Gasteiger partial charge in [0.2, 0.25) is 0 Å². The highest BCUT2D eigenvalue weighted by molar-refractivity contribution is 5.89. The van der Waals surface area contributed by atoms with Crippen molar-refractivity contribution in [3.63, 3.8) is 0 Å². The summed E-state index contributed by atoms with van der Waals surface area (Å²) in [6.07, 6.45) is 4.46. The van der Waals surface area contributed by atoms with Gasteiger partial charge >= 0.3 is 6.03 Å². The molecule has 10 nitrogen and oxygen atoms in total. The molecular weight excluding hydrogens is 528 g/mol. The Labute approximate surface area is 248 Å². The molecule has 220 valence electrons. The monoisotopic (exact) mass is 568 g/mol. The van der Waals surface area contributed by atoms with Crippen molar-refractivity contribution in [2.75, 3.05) is 48.0 Å². The summed E-state index contributed by atoms with van der Waals surface area (Å²) in [4.78, 5) is 31.5. The maximum Gasteiger partial charge on any atom is 0.319 e. The van der Waals surface area contributed by atoms with Crippen molar-refractivity contribution >= 4 is 23.4 Å². The number of hydrogen-bond acceptors (Lipinski definition) is 8. The lowest BCUT2D eigenvalue weighted by molar-refractivity contribution is 0.0984. The third-order valence-electron chi connectivity index (χ3n) is 7.68. The fraction of sp³-hybridized carbons (Fsp3) is 0.469. The molecule has 2 amide bonds. The van der Waals surface area contributed by atoms with Gasteiger partial charge in [0, 0.05) is 42.6 Å². The molecule has 1 aromatic carbocycles. The lowest BCUT2D eigenvalue weighted by Gasteiger charge is -2.38. The van der Waals surface area contributed by atoms with Crippen molar-refractivity contribution in [3.05, 3.63) is 59.4 Å². The van der Waals surface area contributed by atoms with Crippen LogP contribution >= 0.6 is 0 Å². The molecule has 0 aliphatic carbocycles. The second-order valence-electron chi connectivity index (χ2n) is 12.2. The molecule has 0 spiro atoms. The van der Waals surface area contributed by atoms with Gasteiger partial charge in [0.05, 0.1) is 37.1 Å². The zero-order valence-electron chi connectivity index (χ0n) is 25.0. The van der Waals surface area contributed by atoms with Crippen molar-refractivity contribution < 1.29 is 9.53 Å². The number of amides is 2. The molecule has 3 aromatic rings. The minimum Gasteiger partial charge on any atom is -0.377 e. The number of nitrogens with one attached hydrogen (secondary N) is 2. The molecule has 2 aliphatic heterocycles. The second kappa shape index (κ2) is 12.7. The highest BCUT2D eigenvalue weighted by atomic mass is 16.5. The first-order chi connectivity index (χ1) is 20.2. The molecule has 1 saturated heterocycles. The van der Waals surface area contributed by atoms with Gasteiger partial charge in [0.1, 0.15) is 17.7 Å². The third-order valence-corrected chi connectivity index (χ3v) is 7.68. The summed E-state index contributed by atoms with van der Waals surface area (Å²) in [6.45, 7) is 12.7. The van der Waals surface area contributed by atoms with Crippen LogP contribution in [0.3, 0.4) is 0 Å². The van der Waals surface area contributed by atoms with E-state index < -0.39 is 0 Å². The van der Waals surface area contributed by atoms with Gasteiger partial charge in [-0.3, -0.25) is 0 Å². The Morgan fingerprint density at radius 3 is 2.69 bits per heavy atom. The van der Waals surface area contributed by atoms with Crippen molar-refractivity contribution in [2.24, 2.45) is 5.41 Å². The van der Waals surface area contributed by atoms with E-state index in [0.29, 0.717) is 49.2 Å². The number of ether oxygens (including phenoxy) is 1. The molecule has 10 heteroatoms. The molecule has 0 bridgehead atoms. The number of rotatable bonds is 7. The third kappa shape index (κ3) is 6.97. The zero-order chi connectivity index (χ0) is 29.7. The van der Waals surface area contributed by atoms with Crippen molar-refractivity contribution in [2.45, 2.75) is 59.5 Å².